The first-order chi connectivity index (χ1) is 21.1. The van der Waals surface area contributed by atoms with Gasteiger partial charge in [-0.1, -0.05) is 42.5 Å². The van der Waals surface area contributed by atoms with E-state index < -0.39 is 0 Å². The maximum atomic E-state index is 13.3. The fourth-order valence-corrected chi connectivity index (χ4v) is 5.02. The van der Waals surface area contributed by atoms with Gasteiger partial charge in [0, 0.05) is 38.6 Å². The van der Waals surface area contributed by atoms with E-state index in [2.05, 4.69) is 27.3 Å². The molecule has 1 aliphatic heterocycles. The molecule has 5 rings (SSSR count). The molecule has 2 amide bonds. The highest BCUT2D eigenvalue weighted by Gasteiger charge is 2.19. The van der Waals surface area contributed by atoms with E-state index in [9.17, 15) is 9.59 Å². The van der Waals surface area contributed by atoms with Crippen LogP contribution in [0.1, 0.15) is 22.3 Å². The Morgan fingerprint density at radius 3 is 2.53 bits per heavy atom. The lowest BCUT2D eigenvalue weighted by Gasteiger charge is -2.31. The van der Waals surface area contributed by atoms with Gasteiger partial charge >= 0.3 is 0 Å². The van der Waals surface area contributed by atoms with Crippen LogP contribution in [0.4, 0.5) is 11.4 Å². The number of amides is 2. The van der Waals surface area contributed by atoms with Crippen molar-refractivity contribution >= 4 is 23.2 Å². The van der Waals surface area contributed by atoms with Crippen molar-refractivity contribution in [3.8, 4) is 16.9 Å². The van der Waals surface area contributed by atoms with Crippen LogP contribution in [0.3, 0.4) is 0 Å². The number of morpholine rings is 1. The fraction of sp³-hybridized carbons (Fsp3) is 0.265. The Balaban J connectivity index is 1.37. The number of nitrogens with one attached hydrogen (secondary N) is 1. The molecule has 4 aromatic rings. The van der Waals surface area contributed by atoms with Gasteiger partial charge in [-0.05, 0) is 72.1 Å². The second-order valence-corrected chi connectivity index (χ2v) is 10.3. The molecule has 2 heterocycles. The number of para-hydroxylation sites is 1. The minimum Gasteiger partial charge on any atom is -0.484 e. The second kappa shape index (κ2) is 14.9. The van der Waals surface area contributed by atoms with Crippen molar-refractivity contribution in [2.75, 3.05) is 56.2 Å². The van der Waals surface area contributed by atoms with Crippen molar-refractivity contribution < 1.29 is 19.1 Å². The van der Waals surface area contributed by atoms with E-state index in [4.69, 9.17) is 15.2 Å². The highest BCUT2D eigenvalue weighted by molar-refractivity contribution is 5.96. The predicted molar refractivity (Wildman–Crippen MR) is 168 cm³/mol. The van der Waals surface area contributed by atoms with Crippen molar-refractivity contribution in [1.82, 2.24) is 9.88 Å². The quantitative estimate of drug-likeness (QED) is 0.253. The minimum atomic E-state index is -0.242. The molecular formula is C34H37N5O4. The van der Waals surface area contributed by atoms with Gasteiger partial charge in [0.05, 0.1) is 30.2 Å². The Kier molecular flexibility index (Phi) is 10.3. The number of carbonyl (C=O) groups excluding carboxylic acids is 2. The maximum Gasteiger partial charge on any atom is 0.262 e. The van der Waals surface area contributed by atoms with E-state index in [1.807, 2.05) is 65.6 Å². The lowest BCUT2D eigenvalue weighted by atomic mass is 10.0. The Labute approximate surface area is 252 Å². The minimum absolute atomic E-state index is 0.0791. The Bertz CT molecular complexity index is 1490. The summed E-state index contributed by atoms with van der Waals surface area (Å²) in [5, 5.41) is 3.07. The molecule has 1 aliphatic rings. The number of pyridine rings is 1. The highest BCUT2D eigenvalue weighted by Crippen LogP contribution is 2.33. The van der Waals surface area contributed by atoms with Gasteiger partial charge in [0.25, 0.3) is 11.8 Å². The largest absolute Gasteiger partial charge is 0.484 e. The van der Waals surface area contributed by atoms with Crippen LogP contribution >= 0.6 is 0 Å². The zero-order chi connectivity index (χ0) is 29.9. The molecule has 1 aromatic heterocycles. The molecule has 0 unspecified atom stereocenters. The van der Waals surface area contributed by atoms with Gasteiger partial charge in [-0.3, -0.25) is 14.6 Å². The topological polar surface area (TPSA) is 110 Å². The Hall–Kier alpha value is -4.73. The first-order valence-electron chi connectivity index (χ1n) is 14.5. The van der Waals surface area contributed by atoms with Crippen molar-refractivity contribution in [2.24, 2.45) is 5.73 Å². The van der Waals surface area contributed by atoms with Crippen LogP contribution in [0.5, 0.6) is 5.75 Å². The third-order valence-electron chi connectivity index (χ3n) is 7.20. The smallest absolute Gasteiger partial charge is 0.262 e. The maximum absolute atomic E-state index is 13.3. The summed E-state index contributed by atoms with van der Waals surface area (Å²) >= 11 is 0. The molecule has 43 heavy (non-hydrogen) atoms. The number of anilines is 2. The molecule has 9 heteroatoms. The number of hydrogen-bond donors (Lipinski definition) is 2. The van der Waals surface area contributed by atoms with E-state index >= 15 is 0 Å². The summed E-state index contributed by atoms with van der Waals surface area (Å²) in [6, 6.07) is 27.0. The van der Waals surface area contributed by atoms with E-state index in [0.717, 1.165) is 35.5 Å². The SMILES string of the molecule is NCCCN(Cc1cccc(-c2ccc(N3CCOCC3)c(NC(=O)COc3ccccc3)c2)c1)C(=O)c1cccnc1. The summed E-state index contributed by atoms with van der Waals surface area (Å²) in [5.41, 5.74) is 10.9. The summed E-state index contributed by atoms with van der Waals surface area (Å²) in [4.78, 5) is 34.4. The average molecular weight is 580 g/mol. The summed E-state index contributed by atoms with van der Waals surface area (Å²) in [5.74, 6) is 0.317. The van der Waals surface area contributed by atoms with Crippen LogP contribution < -0.4 is 20.7 Å². The molecule has 3 N–H and O–H groups in total. The van der Waals surface area contributed by atoms with Crippen LogP contribution in [-0.4, -0.2) is 67.7 Å². The molecule has 1 fully saturated rings. The molecule has 1 saturated heterocycles. The molecule has 0 bridgehead atoms. The third kappa shape index (κ3) is 8.18. The van der Waals surface area contributed by atoms with Gasteiger partial charge < -0.3 is 30.3 Å². The van der Waals surface area contributed by atoms with Crippen molar-refractivity contribution in [2.45, 2.75) is 13.0 Å². The number of aromatic nitrogens is 1. The van der Waals surface area contributed by atoms with Gasteiger partial charge in [-0.2, -0.15) is 0 Å². The molecule has 0 spiro atoms. The van der Waals surface area contributed by atoms with Crippen LogP contribution in [0.15, 0.2) is 97.3 Å². The van der Waals surface area contributed by atoms with Gasteiger partial charge in [-0.15, -0.1) is 0 Å². The van der Waals surface area contributed by atoms with Crippen LogP contribution in [0, 0.1) is 0 Å². The Morgan fingerprint density at radius 2 is 1.77 bits per heavy atom. The fourth-order valence-electron chi connectivity index (χ4n) is 5.02. The molecule has 0 radical (unpaired) electrons. The van der Waals surface area contributed by atoms with E-state index in [1.165, 1.54) is 0 Å². The molecule has 9 nitrogen and oxygen atoms in total. The summed E-state index contributed by atoms with van der Waals surface area (Å²) in [6.07, 6.45) is 3.94. The normalized spacial score (nSPS) is 12.9. The van der Waals surface area contributed by atoms with Gasteiger partial charge in [0.2, 0.25) is 0 Å². The first kappa shape index (κ1) is 29.8. The molecule has 0 saturated carbocycles. The monoisotopic (exact) mass is 579 g/mol. The molecule has 222 valence electrons. The zero-order valence-corrected chi connectivity index (χ0v) is 24.2. The van der Waals surface area contributed by atoms with E-state index in [-0.39, 0.29) is 18.4 Å². The number of nitrogens with two attached hydrogens (primary N) is 1. The standard InChI is InChI=1S/C34H37N5O4/c35-14-6-16-39(34(41)29-9-5-15-36-23-29)24-26-7-4-8-27(21-26)28-12-13-32(38-17-19-42-20-18-38)31(22-28)37-33(40)25-43-30-10-2-1-3-11-30/h1-5,7-13,15,21-23H,6,14,16-20,24-25,35H2,(H,37,40). The Morgan fingerprint density at radius 1 is 0.953 bits per heavy atom. The van der Waals surface area contributed by atoms with E-state index in [1.54, 1.807) is 24.5 Å². The first-order valence-corrected chi connectivity index (χ1v) is 14.5. The summed E-state index contributed by atoms with van der Waals surface area (Å²) in [7, 11) is 0. The number of carbonyl (C=O) groups is 2. The number of ether oxygens (including phenoxy) is 2. The number of hydrogen-bond acceptors (Lipinski definition) is 7. The number of rotatable bonds is 12. The van der Waals surface area contributed by atoms with Crippen LogP contribution in [0.25, 0.3) is 11.1 Å². The van der Waals surface area contributed by atoms with Gasteiger partial charge in [-0.25, -0.2) is 0 Å². The van der Waals surface area contributed by atoms with Crippen molar-refractivity contribution in [3.63, 3.8) is 0 Å². The molecule has 0 atom stereocenters. The highest BCUT2D eigenvalue weighted by atomic mass is 16.5. The second-order valence-electron chi connectivity index (χ2n) is 10.3. The van der Waals surface area contributed by atoms with Crippen molar-refractivity contribution in [3.05, 3.63) is 108 Å². The lowest BCUT2D eigenvalue weighted by molar-refractivity contribution is -0.118. The van der Waals surface area contributed by atoms with Gasteiger partial charge in [0.1, 0.15) is 5.75 Å². The molecule has 0 aliphatic carbocycles. The summed E-state index contributed by atoms with van der Waals surface area (Å²) < 4.78 is 11.2. The van der Waals surface area contributed by atoms with Gasteiger partial charge in [0.15, 0.2) is 6.61 Å². The summed E-state index contributed by atoms with van der Waals surface area (Å²) in [6.45, 7) is 4.12. The average Bonchev–Trinajstić information content (AvgIpc) is 3.07. The van der Waals surface area contributed by atoms with E-state index in [0.29, 0.717) is 56.3 Å². The molecular weight excluding hydrogens is 542 g/mol. The van der Waals surface area contributed by atoms with Crippen LogP contribution in [-0.2, 0) is 16.1 Å². The zero-order valence-electron chi connectivity index (χ0n) is 24.2. The lowest BCUT2D eigenvalue weighted by Crippen LogP contribution is -2.37. The van der Waals surface area contributed by atoms with Crippen LogP contribution in [0.2, 0.25) is 0 Å². The third-order valence-corrected chi connectivity index (χ3v) is 7.20. The number of benzene rings is 3. The van der Waals surface area contributed by atoms with Crippen molar-refractivity contribution in [1.29, 1.82) is 0 Å². The molecule has 3 aromatic carbocycles. The number of nitrogens with zero attached hydrogens (tertiary/aromatic N) is 3. The predicted octanol–water partition coefficient (Wildman–Crippen LogP) is 4.59.